The van der Waals surface area contributed by atoms with Crippen molar-refractivity contribution in [2.24, 2.45) is 12.8 Å². The van der Waals surface area contributed by atoms with Gasteiger partial charge >= 0.3 is 0 Å². The van der Waals surface area contributed by atoms with Crippen LogP contribution >= 0.6 is 11.3 Å². The monoisotopic (exact) mass is 436 g/mol. The molecule has 0 aliphatic carbocycles. The highest BCUT2D eigenvalue weighted by molar-refractivity contribution is 7.19. The molecule has 0 spiro atoms. The number of aliphatic hydroxyl groups excluding tert-OH is 1. The Morgan fingerprint density at radius 2 is 1.90 bits per heavy atom. The van der Waals surface area contributed by atoms with Crippen molar-refractivity contribution in [2.45, 2.75) is 32.5 Å². The second-order valence-electron chi connectivity index (χ2n) is 7.44. The minimum atomic E-state index is -1.43. The van der Waals surface area contributed by atoms with Crippen molar-refractivity contribution >= 4 is 28.1 Å². The van der Waals surface area contributed by atoms with E-state index < -0.39 is 34.8 Å². The Bertz CT molecular complexity index is 1090. The first-order chi connectivity index (χ1) is 13.9. The van der Waals surface area contributed by atoms with Crippen LogP contribution in [-0.2, 0) is 12.6 Å². The summed E-state index contributed by atoms with van der Waals surface area (Å²) in [5, 5.41) is 22.9. The quantitative estimate of drug-likeness (QED) is 0.472. The predicted octanol–water partition coefficient (Wildman–Crippen LogP) is 3.55. The minimum absolute atomic E-state index is 0.0701. The molecule has 1 amide bonds. The van der Waals surface area contributed by atoms with Crippen molar-refractivity contribution in [3.05, 3.63) is 52.9 Å². The minimum Gasteiger partial charge on any atom is -0.387 e. The van der Waals surface area contributed by atoms with Gasteiger partial charge in [-0.3, -0.25) is 4.79 Å². The lowest BCUT2D eigenvalue weighted by Gasteiger charge is -2.18. The first-order valence-electron chi connectivity index (χ1n) is 9.03. The predicted molar refractivity (Wildman–Crippen MR) is 111 cm³/mol. The molecule has 0 saturated heterocycles. The summed E-state index contributed by atoms with van der Waals surface area (Å²) in [6.07, 6.45) is -0.712. The van der Waals surface area contributed by atoms with Crippen LogP contribution < -0.4 is 11.1 Å². The van der Waals surface area contributed by atoms with E-state index in [4.69, 9.17) is 5.73 Å². The molecular weight excluding hydrogens is 414 g/mol. The summed E-state index contributed by atoms with van der Waals surface area (Å²) in [6, 6.07) is 5.45. The second kappa shape index (κ2) is 7.78. The van der Waals surface area contributed by atoms with E-state index in [1.165, 1.54) is 13.8 Å². The van der Waals surface area contributed by atoms with Gasteiger partial charge in [-0.2, -0.15) is 0 Å². The molecule has 160 valence electrons. The summed E-state index contributed by atoms with van der Waals surface area (Å²) in [5.74, 6) is -2.17. The third kappa shape index (κ3) is 4.07. The van der Waals surface area contributed by atoms with Crippen molar-refractivity contribution in [1.82, 2.24) is 9.55 Å². The van der Waals surface area contributed by atoms with Gasteiger partial charge in [0.05, 0.1) is 17.3 Å². The van der Waals surface area contributed by atoms with E-state index >= 15 is 0 Å². The summed E-state index contributed by atoms with van der Waals surface area (Å²) in [7, 11) is 1.71. The number of halogens is 2. The van der Waals surface area contributed by atoms with Crippen LogP contribution in [0.1, 0.15) is 48.6 Å². The third-order valence-electron chi connectivity index (χ3n) is 4.65. The number of hydrogen-bond donors (Lipinski definition) is 4. The molecule has 1 aromatic carbocycles. The molecule has 7 nitrogen and oxygen atoms in total. The highest BCUT2D eigenvalue weighted by atomic mass is 32.1. The van der Waals surface area contributed by atoms with E-state index in [1.54, 1.807) is 30.7 Å². The number of rotatable bonds is 6. The fourth-order valence-corrected chi connectivity index (χ4v) is 4.02. The standard InChI is InChI=1S/C20H22F2N4O3S/c1-9(27)13-5-6-14(26(13)4)24-19-16(17(23)28)25-18(30-19)15-11(21)7-10(8-12(15)22)20(2,3)29/h5-9,24,27,29H,1-4H3,(H2,23,28). The van der Waals surface area contributed by atoms with Crippen molar-refractivity contribution in [3.8, 4) is 10.6 Å². The largest absolute Gasteiger partial charge is 0.387 e. The molecule has 3 aromatic rings. The van der Waals surface area contributed by atoms with Gasteiger partial charge in [0, 0.05) is 12.7 Å². The van der Waals surface area contributed by atoms with E-state index in [0.717, 1.165) is 23.5 Å². The molecule has 10 heteroatoms. The lowest BCUT2D eigenvalue weighted by molar-refractivity contribution is 0.0778. The Morgan fingerprint density at radius 3 is 2.37 bits per heavy atom. The van der Waals surface area contributed by atoms with Crippen LogP contribution in [0.25, 0.3) is 10.6 Å². The average Bonchev–Trinajstić information content (AvgIpc) is 3.18. The van der Waals surface area contributed by atoms with E-state index in [2.05, 4.69) is 10.3 Å². The average molecular weight is 436 g/mol. The van der Waals surface area contributed by atoms with E-state index in [-0.39, 0.29) is 21.3 Å². The maximum Gasteiger partial charge on any atom is 0.270 e. The van der Waals surface area contributed by atoms with Gasteiger partial charge in [0.1, 0.15) is 27.5 Å². The van der Waals surface area contributed by atoms with Gasteiger partial charge in [-0.15, -0.1) is 0 Å². The number of aliphatic hydroxyl groups is 2. The van der Waals surface area contributed by atoms with Crippen LogP contribution in [0, 0.1) is 11.6 Å². The first-order valence-corrected chi connectivity index (χ1v) is 9.85. The van der Waals surface area contributed by atoms with E-state index in [0.29, 0.717) is 11.5 Å². The zero-order valence-electron chi connectivity index (χ0n) is 16.8. The number of benzene rings is 1. The number of nitrogens with two attached hydrogens (primary N) is 1. The van der Waals surface area contributed by atoms with Gasteiger partial charge in [0.15, 0.2) is 5.69 Å². The van der Waals surface area contributed by atoms with Gasteiger partial charge in [-0.05, 0) is 50.6 Å². The van der Waals surface area contributed by atoms with Crippen LogP contribution in [0.4, 0.5) is 19.6 Å². The molecule has 1 unspecified atom stereocenters. The molecule has 0 saturated carbocycles. The zero-order chi connectivity index (χ0) is 22.4. The number of carbonyl (C=O) groups is 1. The lowest BCUT2D eigenvalue weighted by atomic mass is 9.96. The fourth-order valence-electron chi connectivity index (χ4n) is 3.00. The summed E-state index contributed by atoms with van der Waals surface area (Å²) < 4.78 is 31.1. The van der Waals surface area contributed by atoms with Crippen molar-refractivity contribution in [1.29, 1.82) is 0 Å². The Balaban J connectivity index is 2.07. The number of primary amides is 1. The Labute approximate surface area is 175 Å². The zero-order valence-corrected chi connectivity index (χ0v) is 17.6. The highest BCUT2D eigenvalue weighted by Crippen LogP contribution is 2.38. The molecule has 2 aromatic heterocycles. The normalized spacial score (nSPS) is 12.8. The number of amides is 1. The summed E-state index contributed by atoms with van der Waals surface area (Å²) in [6.45, 7) is 4.44. The summed E-state index contributed by atoms with van der Waals surface area (Å²) in [4.78, 5) is 15.9. The Hall–Kier alpha value is -2.82. The summed E-state index contributed by atoms with van der Waals surface area (Å²) >= 11 is 0.862. The Morgan fingerprint density at radius 1 is 1.30 bits per heavy atom. The number of carbonyl (C=O) groups excluding carboxylic acids is 1. The van der Waals surface area contributed by atoms with Gasteiger partial charge in [0.2, 0.25) is 0 Å². The van der Waals surface area contributed by atoms with Crippen LogP contribution in [0.5, 0.6) is 0 Å². The number of hydrogen-bond acceptors (Lipinski definition) is 6. The number of nitrogens with one attached hydrogen (secondary N) is 1. The molecule has 2 heterocycles. The van der Waals surface area contributed by atoms with Crippen molar-refractivity contribution in [2.75, 3.05) is 5.32 Å². The topological polar surface area (TPSA) is 113 Å². The molecule has 3 rings (SSSR count). The molecule has 5 N–H and O–H groups in total. The second-order valence-corrected chi connectivity index (χ2v) is 8.44. The molecule has 1 atom stereocenters. The van der Waals surface area contributed by atoms with Gasteiger partial charge in [0.25, 0.3) is 5.91 Å². The molecular formula is C20H22F2N4O3S. The van der Waals surface area contributed by atoms with Crippen molar-refractivity contribution < 1.29 is 23.8 Å². The lowest BCUT2D eigenvalue weighted by Crippen LogP contribution is -2.16. The molecule has 30 heavy (non-hydrogen) atoms. The number of anilines is 2. The first kappa shape index (κ1) is 21.9. The maximum atomic E-state index is 14.7. The number of nitrogens with zero attached hydrogens (tertiary/aromatic N) is 2. The molecule has 0 bridgehead atoms. The van der Waals surface area contributed by atoms with Crippen LogP contribution in [-0.4, -0.2) is 25.7 Å². The van der Waals surface area contributed by atoms with E-state index in [9.17, 15) is 23.8 Å². The number of aromatic nitrogens is 2. The van der Waals surface area contributed by atoms with Gasteiger partial charge in [-0.25, -0.2) is 13.8 Å². The summed E-state index contributed by atoms with van der Waals surface area (Å²) in [5.41, 5.74) is 4.09. The smallest absolute Gasteiger partial charge is 0.270 e. The Kier molecular flexibility index (Phi) is 5.68. The van der Waals surface area contributed by atoms with Crippen LogP contribution in [0.2, 0.25) is 0 Å². The third-order valence-corrected chi connectivity index (χ3v) is 5.64. The molecule has 0 fully saturated rings. The van der Waals surface area contributed by atoms with Crippen molar-refractivity contribution in [3.63, 3.8) is 0 Å². The fraction of sp³-hybridized carbons (Fsp3) is 0.300. The van der Waals surface area contributed by atoms with Gasteiger partial charge in [-0.1, -0.05) is 11.3 Å². The molecule has 0 radical (unpaired) electrons. The SMILES string of the molecule is CC(O)c1ccc(Nc2sc(-c3c(F)cc(C(C)(C)O)cc3F)nc2C(N)=O)n1C. The number of thiazole rings is 1. The van der Waals surface area contributed by atoms with Gasteiger partial charge < -0.3 is 25.8 Å². The molecule has 0 aliphatic heterocycles. The van der Waals surface area contributed by atoms with Crippen LogP contribution in [0.3, 0.4) is 0 Å². The highest BCUT2D eigenvalue weighted by Gasteiger charge is 2.26. The maximum absolute atomic E-state index is 14.7. The van der Waals surface area contributed by atoms with Crippen LogP contribution in [0.15, 0.2) is 24.3 Å². The molecule has 0 aliphatic rings. The van der Waals surface area contributed by atoms with E-state index in [1.807, 2.05) is 0 Å².